The molecule has 1 aromatic carbocycles. The van der Waals surface area contributed by atoms with Gasteiger partial charge in [0.25, 0.3) is 0 Å². The molecule has 1 rings (SSSR count). The van der Waals surface area contributed by atoms with E-state index in [4.69, 9.17) is 9.84 Å². The molecule has 1 amide bonds. The number of carboxylic acids is 1. The maximum Gasteiger partial charge on any atom is 0.328 e. The molecule has 0 aromatic heterocycles. The number of hydrogen-bond donors (Lipinski definition) is 2. The average Bonchev–Trinajstić information content (AvgIpc) is 2.44. The van der Waals surface area contributed by atoms with Crippen LogP contribution in [0.3, 0.4) is 0 Å². The molecular formula is C15H18FNO5. The average molecular weight is 311 g/mol. The van der Waals surface area contributed by atoms with Crippen molar-refractivity contribution < 1.29 is 28.6 Å². The van der Waals surface area contributed by atoms with Crippen molar-refractivity contribution in [3.05, 3.63) is 29.6 Å². The number of nitrogens with one attached hydrogen (secondary N) is 1. The number of ketones is 1. The minimum Gasteiger partial charge on any atom is -0.494 e. The Balaban J connectivity index is 2.61. The van der Waals surface area contributed by atoms with E-state index in [-0.39, 0.29) is 24.2 Å². The fourth-order valence-corrected chi connectivity index (χ4v) is 1.68. The molecule has 0 bridgehead atoms. The van der Waals surface area contributed by atoms with Crippen LogP contribution in [0.25, 0.3) is 0 Å². The number of halogens is 1. The second-order valence-electron chi connectivity index (χ2n) is 5.25. The zero-order valence-corrected chi connectivity index (χ0v) is 12.6. The van der Waals surface area contributed by atoms with Crippen molar-refractivity contribution in [2.45, 2.75) is 32.2 Å². The Bertz CT molecular complexity index is 598. The Kier molecular flexibility index (Phi) is 5.62. The van der Waals surface area contributed by atoms with E-state index in [1.807, 2.05) is 0 Å². The van der Waals surface area contributed by atoms with E-state index < -0.39 is 29.0 Å². The SMILES string of the molecule is COc1ccc(C(=O)CCC(=O)NC(C)(C)C(=O)O)cc1F. The van der Waals surface area contributed by atoms with Gasteiger partial charge in [0.1, 0.15) is 5.54 Å². The van der Waals surface area contributed by atoms with Gasteiger partial charge in [0.2, 0.25) is 5.91 Å². The number of methoxy groups -OCH3 is 1. The van der Waals surface area contributed by atoms with Gasteiger partial charge in [-0.2, -0.15) is 0 Å². The van der Waals surface area contributed by atoms with Crippen molar-refractivity contribution in [1.82, 2.24) is 5.32 Å². The minimum atomic E-state index is -1.41. The number of carbonyl (C=O) groups is 3. The summed E-state index contributed by atoms with van der Waals surface area (Å²) in [6, 6.07) is 3.78. The second kappa shape index (κ2) is 7.02. The van der Waals surface area contributed by atoms with E-state index in [2.05, 4.69) is 5.32 Å². The summed E-state index contributed by atoms with van der Waals surface area (Å²) in [7, 11) is 1.31. The third-order valence-electron chi connectivity index (χ3n) is 3.04. The van der Waals surface area contributed by atoms with E-state index in [1.54, 1.807) is 0 Å². The van der Waals surface area contributed by atoms with Crippen molar-refractivity contribution in [3.8, 4) is 5.75 Å². The topological polar surface area (TPSA) is 92.7 Å². The molecule has 2 N–H and O–H groups in total. The number of Topliss-reactive ketones (excluding diaryl/α,β-unsaturated/α-hetero) is 1. The van der Waals surface area contributed by atoms with Crippen LogP contribution in [0.4, 0.5) is 4.39 Å². The molecule has 0 unspecified atom stereocenters. The molecule has 22 heavy (non-hydrogen) atoms. The molecule has 0 aliphatic heterocycles. The Morgan fingerprint density at radius 1 is 1.27 bits per heavy atom. The van der Waals surface area contributed by atoms with Gasteiger partial charge >= 0.3 is 5.97 Å². The monoisotopic (exact) mass is 311 g/mol. The summed E-state index contributed by atoms with van der Waals surface area (Å²) in [5, 5.41) is 11.2. The number of carboxylic acid groups (broad SMARTS) is 1. The summed E-state index contributed by atoms with van der Waals surface area (Å²) in [5.41, 5.74) is -1.28. The largest absolute Gasteiger partial charge is 0.494 e. The molecule has 0 aliphatic rings. The fourth-order valence-electron chi connectivity index (χ4n) is 1.68. The van der Waals surface area contributed by atoms with Crippen molar-refractivity contribution in [2.75, 3.05) is 7.11 Å². The van der Waals surface area contributed by atoms with Gasteiger partial charge in [-0.3, -0.25) is 9.59 Å². The van der Waals surface area contributed by atoms with Gasteiger partial charge in [0.15, 0.2) is 17.3 Å². The minimum absolute atomic E-state index is 0.0255. The summed E-state index contributed by atoms with van der Waals surface area (Å²) in [6.07, 6.45) is -0.323. The first-order valence-corrected chi connectivity index (χ1v) is 6.58. The number of amides is 1. The van der Waals surface area contributed by atoms with Crippen molar-refractivity contribution in [3.63, 3.8) is 0 Å². The van der Waals surface area contributed by atoms with Crippen LogP contribution in [0.1, 0.15) is 37.0 Å². The molecule has 0 fully saturated rings. The maximum absolute atomic E-state index is 13.5. The molecule has 0 heterocycles. The first-order chi connectivity index (χ1) is 10.2. The smallest absolute Gasteiger partial charge is 0.328 e. The Morgan fingerprint density at radius 2 is 1.91 bits per heavy atom. The summed E-state index contributed by atoms with van der Waals surface area (Å²) in [6.45, 7) is 2.68. The highest BCUT2D eigenvalue weighted by Crippen LogP contribution is 2.19. The zero-order chi connectivity index (χ0) is 16.9. The Labute approximate surface area is 127 Å². The van der Waals surface area contributed by atoms with Crippen LogP contribution in [0.15, 0.2) is 18.2 Å². The Hall–Kier alpha value is -2.44. The van der Waals surface area contributed by atoms with Gasteiger partial charge in [-0.25, -0.2) is 9.18 Å². The predicted molar refractivity (Wildman–Crippen MR) is 76.4 cm³/mol. The van der Waals surface area contributed by atoms with E-state index in [0.29, 0.717) is 0 Å². The standard InChI is InChI=1S/C15H18FNO5/c1-15(2,14(20)21)17-13(19)7-5-11(18)9-4-6-12(22-3)10(16)8-9/h4,6,8H,5,7H2,1-3H3,(H,17,19)(H,20,21). The molecule has 7 heteroatoms. The molecule has 0 saturated heterocycles. The van der Waals surface area contributed by atoms with Crippen molar-refractivity contribution >= 4 is 17.7 Å². The predicted octanol–water partition coefficient (Wildman–Crippen LogP) is 1.78. The molecule has 1 aromatic rings. The molecule has 120 valence electrons. The first-order valence-electron chi connectivity index (χ1n) is 6.58. The lowest BCUT2D eigenvalue weighted by Crippen LogP contribution is -2.49. The lowest BCUT2D eigenvalue weighted by Gasteiger charge is -2.20. The van der Waals surface area contributed by atoms with Crippen molar-refractivity contribution in [1.29, 1.82) is 0 Å². The summed E-state index contributed by atoms with van der Waals surface area (Å²) in [4.78, 5) is 34.4. The quantitative estimate of drug-likeness (QED) is 0.749. The number of carbonyl (C=O) groups excluding carboxylic acids is 2. The molecule has 0 saturated carbocycles. The number of benzene rings is 1. The van der Waals surface area contributed by atoms with Gasteiger partial charge in [0.05, 0.1) is 7.11 Å². The van der Waals surface area contributed by atoms with Crippen molar-refractivity contribution in [2.24, 2.45) is 0 Å². The highest BCUT2D eigenvalue weighted by molar-refractivity contribution is 5.98. The van der Waals surface area contributed by atoms with Gasteiger partial charge < -0.3 is 15.2 Å². The molecule has 0 aliphatic carbocycles. The molecule has 0 radical (unpaired) electrons. The third kappa shape index (κ3) is 4.54. The number of hydrogen-bond acceptors (Lipinski definition) is 4. The van der Waals surface area contributed by atoms with Crippen LogP contribution >= 0.6 is 0 Å². The maximum atomic E-state index is 13.5. The van der Waals surface area contributed by atoms with Crippen LogP contribution < -0.4 is 10.1 Å². The highest BCUT2D eigenvalue weighted by atomic mass is 19.1. The van der Waals surface area contributed by atoms with E-state index in [9.17, 15) is 18.8 Å². The molecule has 6 nitrogen and oxygen atoms in total. The Morgan fingerprint density at radius 3 is 2.41 bits per heavy atom. The summed E-state index contributed by atoms with van der Waals surface area (Å²) >= 11 is 0. The lowest BCUT2D eigenvalue weighted by molar-refractivity contribution is -0.146. The van der Waals surface area contributed by atoms with E-state index in [0.717, 1.165) is 6.07 Å². The summed E-state index contributed by atoms with van der Waals surface area (Å²) < 4.78 is 18.2. The van der Waals surface area contributed by atoms with Gasteiger partial charge in [-0.1, -0.05) is 0 Å². The molecule has 0 spiro atoms. The number of rotatable bonds is 7. The van der Waals surface area contributed by atoms with Crippen LogP contribution in [0, 0.1) is 5.82 Å². The van der Waals surface area contributed by atoms with Gasteiger partial charge in [0, 0.05) is 18.4 Å². The zero-order valence-electron chi connectivity index (χ0n) is 12.6. The highest BCUT2D eigenvalue weighted by Gasteiger charge is 2.28. The van der Waals surface area contributed by atoms with E-state index in [1.165, 1.54) is 33.1 Å². The van der Waals surface area contributed by atoms with E-state index >= 15 is 0 Å². The van der Waals surface area contributed by atoms with Crippen LogP contribution in [-0.4, -0.2) is 35.4 Å². The molecular weight excluding hydrogens is 293 g/mol. The normalized spacial score (nSPS) is 10.9. The molecule has 0 atom stereocenters. The second-order valence-corrected chi connectivity index (χ2v) is 5.25. The first kappa shape index (κ1) is 17.6. The summed E-state index contributed by atoms with van der Waals surface area (Å²) in [5.74, 6) is -2.79. The fraction of sp³-hybridized carbons (Fsp3) is 0.400. The lowest BCUT2D eigenvalue weighted by atomic mass is 10.0. The third-order valence-corrected chi connectivity index (χ3v) is 3.04. The van der Waals surface area contributed by atoms with Crippen LogP contribution in [0.2, 0.25) is 0 Å². The number of aliphatic carboxylic acids is 1. The van der Waals surface area contributed by atoms with Crippen LogP contribution in [0.5, 0.6) is 5.75 Å². The van der Waals surface area contributed by atoms with Gasteiger partial charge in [-0.15, -0.1) is 0 Å². The van der Waals surface area contributed by atoms with Crippen LogP contribution in [-0.2, 0) is 9.59 Å². The van der Waals surface area contributed by atoms with Gasteiger partial charge in [-0.05, 0) is 32.0 Å². The number of ether oxygens (including phenoxy) is 1.